The first-order chi connectivity index (χ1) is 12.7. The van der Waals surface area contributed by atoms with Crippen molar-refractivity contribution in [1.29, 1.82) is 0 Å². The summed E-state index contributed by atoms with van der Waals surface area (Å²) in [6.45, 7) is 6.13. The molecule has 1 aliphatic rings. The second kappa shape index (κ2) is 8.91. The molecule has 1 aliphatic heterocycles. The van der Waals surface area contributed by atoms with Crippen molar-refractivity contribution in [1.82, 2.24) is 20.2 Å². The van der Waals surface area contributed by atoms with Crippen LogP contribution >= 0.6 is 0 Å². The summed E-state index contributed by atoms with van der Waals surface area (Å²) in [6, 6.07) is 7.95. The molecule has 0 saturated carbocycles. The molecule has 1 unspecified atom stereocenters. The van der Waals surface area contributed by atoms with Crippen molar-refractivity contribution in [2.24, 2.45) is 0 Å². The molecule has 0 radical (unpaired) electrons. The molecule has 7 nitrogen and oxygen atoms in total. The fourth-order valence-electron chi connectivity index (χ4n) is 3.08. The van der Waals surface area contributed by atoms with Gasteiger partial charge in [0, 0.05) is 38.5 Å². The number of ether oxygens (including phenoxy) is 2. The summed E-state index contributed by atoms with van der Waals surface area (Å²) in [5.41, 5.74) is 2.31. The summed E-state index contributed by atoms with van der Waals surface area (Å²) in [5, 5.41) is 3.01. The number of aromatic nitrogens is 2. The van der Waals surface area contributed by atoms with Crippen LogP contribution in [0.2, 0.25) is 0 Å². The molecule has 7 heteroatoms. The lowest BCUT2D eigenvalue weighted by atomic mass is 10.2. The third-order valence-corrected chi connectivity index (χ3v) is 4.65. The smallest absolute Gasteiger partial charge is 0.235 e. The van der Waals surface area contributed by atoms with Crippen LogP contribution in [0.4, 0.5) is 0 Å². The SMILES string of the molecule is COc1nc2ccccc2nc1CCC(=O)NCC(C)N1CCOCC1. The van der Waals surface area contributed by atoms with Gasteiger partial charge in [0.05, 0.1) is 31.4 Å². The van der Waals surface area contributed by atoms with Gasteiger partial charge in [-0.3, -0.25) is 9.69 Å². The minimum Gasteiger partial charge on any atom is -0.480 e. The Morgan fingerprint density at radius 1 is 1.27 bits per heavy atom. The number of hydrogen-bond donors (Lipinski definition) is 1. The van der Waals surface area contributed by atoms with Crippen molar-refractivity contribution >= 4 is 16.9 Å². The largest absolute Gasteiger partial charge is 0.480 e. The first-order valence-electron chi connectivity index (χ1n) is 9.05. The van der Waals surface area contributed by atoms with Crippen molar-refractivity contribution in [2.75, 3.05) is 40.0 Å². The Kier molecular flexibility index (Phi) is 6.35. The molecule has 3 rings (SSSR count). The number of fused-ring (bicyclic) bond motifs is 1. The van der Waals surface area contributed by atoms with Gasteiger partial charge in [0.25, 0.3) is 0 Å². The Hall–Kier alpha value is -2.25. The molecule has 2 aromatic rings. The van der Waals surface area contributed by atoms with E-state index in [2.05, 4.69) is 27.1 Å². The van der Waals surface area contributed by atoms with Crippen molar-refractivity contribution in [3.63, 3.8) is 0 Å². The molecule has 1 N–H and O–H groups in total. The molecular formula is C19H26N4O3. The number of methoxy groups -OCH3 is 1. The van der Waals surface area contributed by atoms with Crippen LogP contribution < -0.4 is 10.1 Å². The quantitative estimate of drug-likeness (QED) is 0.806. The predicted octanol–water partition coefficient (Wildman–Crippen LogP) is 1.41. The first kappa shape index (κ1) is 18.5. The van der Waals surface area contributed by atoms with Gasteiger partial charge >= 0.3 is 0 Å². The van der Waals surface area contributed by atoms with E-state index in [1.54, 1.807) is 7.11 Å². The van der Waals surface area contributed by atoms with Gasteiger partial charge in [0.15, 0.2) is 0 Å². The summed E-state index contributed by atoms with van der Waals surface area (Å²) >= 11 is 0. The highest BCUT2D eigenvalue weighted by Gasteiger charge is 2.18. The van der Waals surface area contributed by atoms with Crippen LogP contribution in [0.25, 0.3) is 11.0 Å². The molecule has 0 aliphatic carbocycles. The maximum absolute atomic E-state index is 12.2. The minimum absolute atomic E-state index is 0.0159. The molecule has 1 aromatic heterocycles. The molecule has 1 aromatic carbocycles. The highest BCUT2D eigenvalue weighted by molar-refractivity contribution is 5.77. The van der Waals surface area contributed by atoms with E-state index >= 15 is 0 Å². The maximum atomic E-state index is 12.2. The number of carbonyl (C=O) groups is 1. The van der Waals surface area contributed by atoms with Crippen LogP contribution in [0, 0.1) is 0 Å². The number of morpholine rings is 1. The van der Waals surface area contributed by atoms with Crippen LogP contribution in [0.15, 0.2) is 24.3 Å². The number of nitrogens with one attached hydrogen (secondary N) is 1. The van der Waals surface area contributed by atoms with Gasteiger partial charge in [-0.15, -0.1) is 0 Å². The van der Waals surface area contributed by atoms with Crippen LogP contribution in [-0.2, 0) is 16.0 Å². The summed E-state index contributed by atoms with van der Waals surface area (Å²) < 4.78 is 10.7. The first-order valence-corrected chi connectivity index (χ1v) is 9.05. The van der Waals surface area contributed by atoms with Crippen LogP contribution in [0.3, 0.4) is 0 Å². The number of carbonyl (C=O) groups excluding carboxylic acids is 1. The normalized spacial score (nSPS) is 16.4. The van der Waals surface area contributed by atoms with E-state index in [4.69, 9.17) is 9.47 Å². The Bertz CT molecular complexity index is 747. The lowest BCUT2D eigenvalue weighted by Crippen LogP contribution is -2.47. The Morgan fingerprint density at radius 2 is 1.96 bits per heavy atom. The molecule has 0 bridgehead atoms. The van der Waals surface area contributed by atoms with E-state index in [-0.39, 0.29) is 5.91 Å². The van der Waals surface area contributed by atoms with Gasteiger partial charge in [-0.25, -0.2) is 9.97 Å². The summed E-state index contributed by atoms with van der Waals surface area (Å²) in [7, 11) is 1.58. The van der Waals surface area contributed by atoms with Crippen molar-refractivity contribution in [3.05, 3.63) is 30.0 Å². The number of hydrogen-bond acceptors (Lipinski definition) is 6. The number of aryl methyl sites for hydroxylation is 1. The lowest BCUT2D eigenvalue weighted by Gasteiger charge is -2.32. The number of benzene rings is 1. The van der Waals surface area contributed by atoms with E-state index in [1.165, 1.54) is 0 Å². The molecule has 1 amide bonds. The van der Waals surface area contributed by atoms with E-state index in [9.17, 15) is 4.79 Å². The zero-order valence-corrected chi connectivity index (χ0v) is 15.4. The van der Waals surface area contributed by atoms with E-state index in [0.717, 1.165) is 37.3 Å². The topological polar surface area (TPSA) is 76.6 Å². The van der Waals surface area contributed by atoms with Crippen molar-refractivity contribution < 1.29 is 14.3 Å². The molecule has 26 heavy (non-hydrogen) atoms. The number of nitrogens with zero attached hydrogens (tertiary/aromatic N) is 3. The number of amides is 1. The standard InChI is InChI=1S/C19H26N4O3/c1-14(23-9-11-26-12-10-23)13-20-18(24)8-7-17-19(25-2)22-16-6-4-3-5-15(16)21-17/h3-6,14H,7-13H2,1-2H3,(H,20,24). The second-order valence-electron chi connectivity index (χ2n) is 6.47. The number of rotatable bonds is 7. The average molecular weight is 358 g/mol. The zero-order valence-electron chi connectivity index (χ0n) is 15.4. The monoisotopic (exact) mass is 358 g/mol. The van der Waals surface area contributed by atoms with Crippen LogP contribution in [0.1, 0.15) is 19.0 Å². The highest BCUT2D eigenvalue weighted by atomic mass is 16.5. The van der Waals surface area contributed by atoms with E-state index in [0.29, 0.717) is 37.0 Å². The third kappa shape index (κ3) is 4.68. The summed E-state index contributed by atoms with van der Waals surface area (Å²) in [4.78, 5) is 23.6. The molecule has 2 heterocycles. The fourth-order valence-corrected chi connectivity index (χ4v) is 3.08. The van der Waals surface area contributed by atoms with E-state index in [1.807, 2.05) is 24.3 Å². The highest BCUT2D eigenvalue weighted by Crippen LogP contribution is 2.19. The van der Waals surface area contributed by atoms with Gasteiger partial charge in [-0.05, 0) is 19.1 Å². The molecule has 1 saturated heterocycles. The van der Waals surface area contributed by atoms with Crippen LogP contribution in [0.5, 0.6) is 5.88 Å². The second-order valence-corrected chi connectivity index (χ2v) is 6.47. The van der Waals surface area contributed by atoms with Gasteiger partial charge in [0.2, 0.25) is 11.8 Å². The molecule has 0 spiro atoms. The van der Waals surface area contributed by atoms with Crippen molar-refractivity contribution in [3.8, 4) is 5.88 Å². The predicted molar refractivity (Wildman–Crippen MR) is 99.3 cm³/mol. The average Bonchev–Trinajstić information content (AvgIpc) is 2.70. The molecule has 140 valence electrons. The lowest BCUT2D eigenvalue weighted by molar-refractivity contribution is -0.121. The van der Waals surface area contributed by atoms with E-state index < -0.39 is 0 Å². The fraction of sp³-hybridized carbons (Fsp3) is 0.526. The maximum Gasteiger partial charge on any atom is 0.235 e. The van der Waals surface area contributed by atoms with Gasteiger partial charge < -0.3 is 14.8 Å². The van der Waals surface area contributed by atoms with Crippen LogP contribution in [-0.4, -0.2) is 66.8 Å². The van der Waals surface area contributed by atoms with Gasteiger partial charge in [0.1, 0.15) is 5.69 Å². The third-order valence-electron chi connectivity index (χ3n) is 4.65. The molecular weight excluding hydrogens is 332 g/mol. The molecule has 1 fully saturated rings. The van der Waals surface area contributed by atoms with Gasteiger partial charge in [-0.1, -0.05) is 12.1 Å². The Labute approximate surface area is 153 Å². The van der Waals surface area contributed by atoms with Crippen molar-refractivity contribution in [2.45, 2.75) is 25.8 Å². The summed E-state index contributed by atoms with van der Waals surface area (Å²) in [6.07, 6.45) is 0.859. The Balaban J connectivity index is 1.53. The Morgan fingerprint density at radius 3 is 2.65 bits per heavy atom. The van der Waals surface area contributed by atoms with Gasteiger partial charge in [-0.2, -0.15) is 0 Å². The number of para-hydroxylation sites is 2. The minimum atomic E-state index is 0.0159. The molecule has 1 atom stereocenters. The zero-order chi connectivity index (χ0) is 18.4. The summed E-state index contributed by atoms with van der Waals surface area (Å²) in [5.74, 6) is 0.500.